The maximum atomic E-state index is 12.9. The van der Waals surface area contributed by atoms with E-state index in [1.807, 2.05) is 28.8 Å². The van der Waals surface area contributed by atoms with E-state index < -0.39 is 5.63 Å². The number of ketones is 1. The Hall–Kier alpha value is -3.56. The summed E-state index contributed by atoms with van der Waals surface area (Å²) in [5.41, 5.74) is 2.03. The van der Waals surface area contributed by atoms with Gasteiger partial charge >= 0.3 is 5.63 Å². The predicted octanol–water partition coefficient (Wildman–Crippen LogP) is 4.88. The lowest BCUT2D eigenvalue weighted by atomic mass is 10.1. The lowest BCUT2D eigenvalue weighted by Gasteiger charge is -2.09. The maximum Gasteiger partial charge on any atom is 0.336 e. The van der Waals surface area contributed by atoms with Crippen LogP contribution >= 0.6 is 11.6 Å². The number of Topliss-reactive ketones (excluding diaryl/α,β-unsaturated/α-hetero) is 1. The van der Waals surface area contributed by atoms with Gasteiger partial charge in [0.25, 0.3) is 0 Å². The topological polar surface area (TPSA) is 85.2 Å². The molecule has 0 fully saturated rings. The third-order valence-electron chi connectivity index (χ3n) is 4.92. The lowest BCUT2D eigenvalue weighted by Crippen LogP contribution is -2.11. The molecule has 0 amide bonds. The second-order valence-corrected chi connectivity index (χ2v) is 7.31. The van der Waals surface area contributed by atoms with E-state index >= 15 is 0 Å². The van der Waals surface area contributed by atoms with Crippen LogP contribution in [-0.4, -0.2) is 17.0 Å². The Labute approximate surface area is 176 Å². The molecule has 0 saturated heterocycles. The minimum absolute atomic E-state index is 0.219. The molecule has 0 radical (unpaired) electrons. The molecule has 4 rings (SSSR count). The van der Waals surface area contributed by atoms with Gasteiger partial charge in [0.1, 0.15) is 11.3 Å². The number of para-hydroxylation sites is 1. The molecule has 2 aromatic carbocycles. The largest absolute Gasteiger partial charge is 0.484 e. The minimum Gasteiger partial charge on any atom is -0.484 e. The fourth-order valence-electron chi connectivity index (χ4n) is 3.48. The zero-order chi connectivity index (χ0) is 21.3. The van der Waals surface area contributed by atoms with E-state index in [-0.39, 0.29) is 18.1 Å². The molecule has 0 atom stereocenters. The highest BCUT2D eigenvalue weighted by atomic mass is 35.5. The Kier molecular flexibility index (Phi) is 5.30. The molecule has 0 unspecified atom stereocenters. The molecular formula is C23H17ClN2O4. The van der Waals surface area contributed by atoms with Gasteiger partial charge in [-0.2, -0.15) is 5.26 Å². The molecule has 0 aliphatic carbocycles. The van der Waals surface area contributed by atoms with Gasteiger partial charge in [-0.3, -0.25) is 4.79 Å². The fourth-order valence-corrected chi connectivity index (χ4v) is 3.69. The summed E-state index contributed by atoms with van der Waals surface area (Å²) in [5, 5.41) is 10.7. The third-order valence-corrected chi connectivity index (χ3v) is 5.21. The molecule has 6 nitrogen and oxygen atoms in total. The van der Waals surface area contributed by atoms with Crippen LogP contribution in [-0.2, 0) is 6.54 Å². The number of rotatable bonds is 6. The van der Waals surface area contributed by atoms with E-state index in [2.05, 4.69) is 6.07 Å². The van der Waals surface area contributed by atoms with Crippen LogP contribution in [0.4, 0.5) is 0 Å². The Morgan fingerprint density at radius 2 is 2.03 bits per heavy atom. The zero-order valence-electron chi connectivity index (χ0n) is 16.1. The predicted molar refractivity (Wildman–Crippen MR) is 114 cm³/mol. The van der Waals surface area contributed by atoms with Crippen molar-refractivity contribution in [2.45, 2.75) is 19.9 Å². The van der Waals surface area contributed by atoms with Crippen molar-refractivity contribution in [2.75, 3.05) is 6.61 Å². The number of carbonyl (C=O) groups is 1. The molecule has 0 saturated carbocycles. The Morgan fingerprint density at radius 1 is 1.23 bits per heavy atom. The van der Waals surface area contributed by atoms with Crippen molar-refractivity contribution >= 4 is 39.3 Å². The van der Waals surface area contributed by atoms with Gasteiger partial charge < -0.3 is 13.7 Å². The number of fused-ring (bicyclic) bond motifs is 2. The lowest BCUT2D eigenvalue weighted by molar-refractivity contribution is 0.0923. The second-order valence-electron chi connectivity index (χ2n) is 6.90. The normalized spacial score (nSPS) is 11.0. The van der Waals surface area contributed by atoms with Crippen LogP contribution in [0.25, 0.3) is 21.9 Å². The van der Waals surface area contributed by atoms with E-state index in [1.165, 1.54) is 12.1 Å². The second kappa shape index (κ2) is 8.05. The molecular weight excluding hydrogens is 404 g/mol. The SMILES string of the molecule is Cc1cc(=O)oc2cc(OCC(=O)c3cn(CCC#N)c4ccccc34)c(Cl)cc12. The molecule has 0 spiro atoms. The Morgan fingerprint density at radius 3 is 2.83 bits per heavy atom. The van der Waals surface area contributed by atoms with Crippen LogP contribution in [0.15, 0.2) is 57.9 Å². The summed E-state index contributed by atoms with van der Waals surface area (Å²) >= 11 is 6.31. The van der Waals surface area contributed by atoms with Crippen LogP contribution in [0.3, 0.4) is 0 Å². The number of benzene rings is 2. The number of ether oxygens (including phenoxy) is 1. The van der Waals surface area contributed by atoms with Gasteiger partial charge in [-0.25, -0.2) is 4.79 Å². The van der Waals surface area contributed by atoms with Gasteiger partial charge in [0.05, 0.1) is 17.5 Å². The summed E-state index contributed by atoms with van der Waals surface area (Å²) in [6.07, 6.45) is 2.10. The molecule has 2 aromatic heterocycles. The van der Waals surface area contributed by atoms with E-state index in [1.54, 1.807) is 19.2 Å². The highest BCUT2D eigenvalue weighted by Crippen LogP contribution is 2.31. The van der Waals surface area contributed by atoms with Crippen molar-refractivity contribution in [2.24, 2.45) is 0 Å². The summed E-state index contributed by atoms with van der Waals surface area (Å²) in [4.78, 5) is 24.5. The molecule has 0 aliphatic rings. The van der Waals surface area contributed by atoms with Gasteiger partial charge in [0.2, 0.25) is 5.78 Å². The van der Waals surface area contributed by atoms with Crippen molar-refractivity contribution < 1.29 is 13.9 Å². The molecule has 150 valence electrons. The first-order valence-electron chi connectivity index (χ1n) is 9.33. The van der Waals surface area contributed by atoms with Gasteiger partial charge in [0.15, 0.2) is 6.61 Å². The molecule has 0 aliphatic heterocycles. The number of hydrogen-bond acceptors (Lipinski definition) is 5. The van der Waals surface area contributed by atoms with Crippen LogP contribution in [0.2, 0.25) is 5.02 Å². The van der Waals surface area contributed by atoms with E-state index in [4.69, 9.17) is 26.0 Å². The number of nitrogens with zero attached hydrogens (tertiary/aromatic N) is 2. The number of aryl methyl sites for hydroxylation is 2. The zero-order valence-corrected chi connectivity index (χ0v) is 16.9. The average molecular weight is 421 g/mol. The Bertz CT molecular complexity index is 1380. The number of nitriles is 1. The van der Waals surface area contributed by atoms with Crippen molar-refractivity contribution in [3.8, 4) is 11.8 Å². The van der Waals surface area contributed by atoms with Crippen LogP contribution in [0, 0.1) is 18.3 Å². The monoisotopic (exact) mass is 420 g/mol. The van der Waals surface area contributed by atoms with Crippen LogP contribution in [0.5, 0.6) is 5.75 Å². The van der Waals surface area contributed by atoms with Gasteiger partial charge in [0, 0.05) is 46.7 Å². The molecule has 0 N–H and O–H groups in total. The number of carbonyl (C=O) groups excluding carboxylic acids is 1. The highest BCUT2D eigenvalue weighted by molar-refractivity contribution is 6.32. The average Bonchev–Trinajstić information content (AvgIpc) is 3.10. The first kappa shape index (κ1) is 19.7. The molecule has 2 heterocycles. The molecule has 7 heteroatoms. The van der Waals surface area contributed by atoms with Crippen LogP contribution in [0.1, 0.15) is 22.3 Å². The molecule has 0 bridgehead atoms. The van der Waals surface area contributed by atoms with Crippen molar-refractivity contribution in [3.63, 3.8) is 0 Å². The Balaban J connectivity index is 1.62. The highest BCUT2D eigenvalue weighted by Gasteiger charge is 2.17. The minimum atomic E-state index is -0.463. The third kappa shape index (κ3) is 3.68. The summed E-state index contributed by atoms with van der Waals surface area (Å²) < 4.78 is 12.8. The van der Waals surface area contributed by atoms with Crippen molar-refractivity contribution in [1.82, 2.24) is 4.57 Å². The maximum absolute atomic E-state index is 12.9. The standard InChI is InChI=1S/C23H17ClN2O4/c1-14-9-23(28)30-21-11-22(18(24)10-16(14)21)29-13-20(27)17-12-26(8-4-7-25)19-6-3-2-5-15(17)19/h2-3,5-6,9-12H,4,8,13H2,1H3. The number of aromatic nitrogens is 1. The van der Waals surface area contributed by atoms with Gasteiger partial charge in [-0.05, 0) is 24.6 Å². The smallest absolute Gasteiger partial charge is 0.336 e. The summed E-state index contributed by atoms with van der Waals surface area (Å²) in [6.45, 7) is 2.06. The summed E-state index contributed by atoms with van der Waals surface area (Å²) in [5.74, 6) is 0.0447. The summed E-state index contributed by atoms with van der Waals surface area (Å²) in [7, 11) is 0. The quantitative estimate of drug-likeness (QED) is 0.327. The van der Waals surface area contributed by atoms with E-state index in [9.17, 15) is 9.59 Å². The van der Waals surface area contributed by atoms with E-state index in [0.717, 1.165) is 16.5 Å². The van der Waals surface area contributed by atoms with Gasteiger partial charge in [-0.15, -0.1) is 0 Å². The number of hydrogen-bond donors (Lipinski definition) is 0. The van der Waals surface area contributed by atoms with Crippen molar-refractivity contribution in [3.05, 3.63) is 75.2 Å². The van der Waals surface area contributed by atoms with Crippen molar-refractivity contribution in [1.29, 1.82) is 5.26 Å². The van der Waals surface area contributed by atoms with Crippen LogP contribution < -0.4 is 10.4 Å². The first-order valence-corrected chi connectivity index (χ1v) is 9.70. The van der Waals surface area contributed by atoms with E-state index in [0.29, 0.717) is 34.5 Å². The molecule has 4 aromatic rings. The fraction of sp³-hybridized carbons (Fsp3) is 0.174. The first-order chi connectivity index (χ1) is 14.5. The summed E-state index contributed by atoms with van der Waals surface area (Å²) in [6, 6.07) is 14.2. The molecule has 30 heavy (non-hydrogen) atoms. The number of halogens is 1. The van der Waals surface area contributed by atoms with Gasteiger partial charge in [-0.1, -0.05) is 29.8 Å².